The largest absolute Gasteiger partial charge is 0.478 e. The van der Waals surface area contributed by atoms with E-state index in [1.165, 1.54) is 0 Å². The number of carboxylic acids is 1. The molecule has 0 radical (unpaired) electrons. The second-order valence-corrected chi connectivity index (χ2v) is 4.63. The van der Waals surface area contributed by atoms with Gasteiger partial charge in [-0.15, -0.1) is 0 Å². The highest BCUT2D eigenvalue weighted by Crippen LogP contribution is 2.38. The Morgan fingerprint density at radius 1 is 1.55 bits per heavy atom. The third kappa shape index (κ3) is 2.58. The molecule has 0 aromatic carbocycles. The highest BCUT2D eigenvalue weighted by Gasteiger charge is 2.56. The molecule has 9 nitrogen and oxygen atoms in total. The van der Waals surface area contributed by atoms with E-state index >= 15 is 0 Å². The van der Waals surface area contributed by atoms with Crippen LogP contribution in [0.3, 0.4) is 0 Å². The van der Waals surface area contributed by atoms with Crippen LogP contribution in [0.1, 0.15) is 0 Å². The van der Waals surface area contributed by atoms with Gasteiger partial charge in [0.25, 0.3) is 5.56 Å². The molecule has 1 aromatic rings. The first-order valence-corrected chi connectivity index (χ1v) is 6.17. The summed E-state index contributed by atoms with van der Waals surface area (Å²) in [5, 5.41) is 27.5. The van der Waals surface area contributed by atoms with Crippen molar-refractivity contribution in [3.8, 4) is 0 Å². The Labute approximate surface area is 121 Å². The molecule has 0 saturated carbocycles. The lowest BCUT2D eigenvalue weighted by molar-refractivity contribution is -0.132. The van der Waals surface area contributed by atoms with E-state index in [1.807, 2.05) is 4.98 Å². The maximum atomic E-state index is 14.5. The van der Waals surface area contributed by atoms with Crippen molar-refractivity contribution in [1.29, 1.82) is 0 Å². The van der Waals surface area contributed by atoms with E-state index in [2.05, 4.69) is 0 Å². The van der Waals surface area contributed by atoms with Gasteiger partial charge in [-0.3, -0.25) is 14.3 Å². The van der Waals surface area contributed by atoms with Crippen LogP contribution in [-0.2, 0) is 15.3 Å². The smallest absolute Gasteiger partial charge is 0.331 e. The number of nitrogens with one attached hydrogen (secondary N) is 1. The number of hydrogen-bond donors (Lipinski definition) is 4. The minimum atomic E-state index is -2.30. The number of aromatic amines is 1. The monoisotopic (exact) mass is 316 g/mol. The number of aliphatic hydroxyl groups excluding tert-OH is 2. The number of carboxylic acid groups (broad SMARTS) is 1. The number of rotatable bonds is 4. The van der Waals surface area contributed by atoms with Crippen molar-refractivity contribution < 1.29 is 29.2 Å². The molecule has 120 valence electrons. The highest BCUT2D eigenvalue weighted by molar-refractivity contribution is 5.79. The molecule has 0 amide bonds. The summed E-state index contributed by atoms with van der Waals surface area (Å²) in [6.45, 7) is -0.748. The SMILES string of the molecule is O=C(O)C=C[C@@]1(n2ccc(=O)[nH]c2=O)O[C@H](CO)[C@@H](O)[C@H]1F. The highest BCUT2D eigenvalue weighted by atomic mass is 19.1. The molecule has 4 atom stereocenters. The molecule has 1 saturated heterocycles. The lowest BCUT2D eigenvalue weighted by Crippen LogP contribution is -2.48. The number of nitrogens with zero attached hydrogens (tertiary/aromatic N) is 1. The standard InChI is InChI=1S/C12H13FN2O7/c13-10-9(20)6(5-16)22-12(10,3-1-8(18)19)15-4-2-7(17)14-11(15)21/h1-4,6,9-10,16,20H,5H2,(H,18,19)(H,14,17,21)/t6-,9-,10-,12-/m1/s1. The van der Waals surface area contributed by atoms with E-state index in [4.69, 9.17) is 14.9 Å². The average molecular weight is 316 g/mol. The van der Waals surface area contributed by atoms with Crippen LogP contribution in [0.2, 0.25) is 0 Å². The Bertz CT molecular complexity index is 712. The van der Waals surface area contributed by atoms with Crippen LogP contribution in [0, 0.1) is 0 Å². The molecule has 1 aliphatic heterocycles. The van der Waals surface area contributed by atoms with E-state index in [0.717, 1.165) is 18.3 Å². The van der Waals surface area contributed by atoms with Gasteiger partial charge in [-0.1, -0.05) is 0 Å². The fourth-order valence-corrected chi connectivity index (χ4v) is 2.24. The molecule has 1 fully saturated rings. The Morgan fingerprint density at radius 3 is 2.73 bits per heavy atom. The molecule has 0 spiro atoms. The zero-order chi connectivity index (χ0) is 16.5. The summed E-state index contributed by atoms with van der Waals surface area (Å²) in [4.78, 5) is 35.5. The van der Waals surface area contributed by atoms with Crippen molar-refractivity contribution >= 4 is 5.97 Å². The summed E-state index contributed by atoms with van der Waals surface area (Å²) in [5.41, 5.74) is -4.10. The van der Waals surface area contributed by atoms with E-state index < -0.39 is 47.9 Å². The zero-order valence-corrected chi connectivity index (χ0v) is 11.0. The fourth-order valence-electron chi connectivity index (χ4n) is 2.24. The minimum Gasteiger partial charge on any atom is -0.478 e. The minimum absolute atomic E-state index is 0.538. The molecule has 4 N–H and O–H groups in total. The molecule has 0 aliphatic carbocycles. The van der Waals surface area contributed by atoms with Gasteiger partial charge in [-0.05, 0) is 6.08 Å². The number of aliphatic carboxylic acids is 1. The first-order valence-electron chi connectivity index (χ1n) is 6.17. The van der Waals surface area contributed by atoms with Gasteiger partial charge in [0.1, 0.15) is 12.2 Å². The zero-order valence-electron chi connectivity index (χ0n) is 11.0. The number of ether oxygens (including phenoxy) is 1. The Balaban J connectivity index is 2.64. The van der Waals surface area contributed by atoms with Gasteiger partial charge in [0.2, 0.25) is 5.72 Å². The second kappa shape index (κ2) is 5.83. The van der Waals surface area contributed by atoms with Crippen LogP contribution in [0.4, 0.5) is 4.39 Å². The summed E-state index contributed by atoms with van der Waals surface area (Å²) >= 11 is 0. The summed E-state index contributed by atoms with van der Waals surface area (Å²) < 4.78 is 20.3. The van der Waals surface area contributed by atoms with Crippen molar-refractivity contribution in [3.63, 3.8) is 0 Å². The van der Waals surface area contributed by atoms with Crippen molar-refractivity contribution in [3.05, 3.63) is 45.3 Å². The third-order valence-corrected chi connectivity index (χ3v) is 3.26. The molecular weight excluding hydrogens is 303 g/mol. The molecule has 1 aromatic heterocycles. The molecule has 2 heterocycles. The number of aliphatic hydroxyl groups is 2. The predicted molar refractivity (Wildman–Crippen MR) is 68.9 cm³/mol. The van der Waals surface area contributed by atoms with E-state index in [-0.39, 0.29) is 0 Å². The Hall–Kier alpha value is -2.30. The number of carbonyl (C=O) groups is 1. The molecule has 10 heteroatoms. The van der Waals surface area contributed by atoms with Gasteiger partial charge in [-0.2, -0.15) is 0 Å². The van der Waals surface area contributed by atoms with E-state index in [1.54, 1.807) is 0 Å². The number of aromatic nitrogens is 2. The van der Waals surface area contributed by atoms with Gasteiger partial charge < -0.3 is 20.1 Å². The van der Waals surface area contributed by atoms with Crippen LogP contribution in [-0.4, -0.2) is 55.8 Å². The molecule has 0 bridgehead atoms. The normalized spacial score (nSPS) is 31.7. The number of alkyl halides is 1. The van der Waals surface area contributed by atoms with Crippen molar-refractivity contribution in [2.75, 3.05) is 6.61 Å². The van der Waals surface area contributed by atoms with Crippen LogP contribution >= 0.6 is 0 Å². The number of halogens is 1. The molecule has 1 aliphatic rings. The topological polar surface area (TPSA) is 142 Å². The van der Waals surface area contributed by atoms with E-state index in [0.29, 0.717) is 10.6 Å². The van der Waals surface area contributed by atoms with Crippen LogP contribution < -0.4 is 11.2 Å². The van der Waals surface area contributed by atoms with Crippen molar-refractivity contribution in [2.45, 2.75) is 24.1 Å². The van der Waals surface area contributed by atoms with Crippen LogP contribution in [0.15, 0.2) is 34.0 Å². The van der Waals surface area contributed by atoms with Gasteiger partial charge in [0.05, 0.1) is 6.61 Å². The third-order valence-electron chi connectivity index (χ3n) is 3.26. The quantitative estimate of drug-likeness (QED) is 0.467. The van der Waals surface area contributed by atoms with Crippen LogP contribution in [0.25, 0.3) is 0 Å². The van der Waals surface area contributed by atoms with Crippen molar-refractivity contribution in [1.82, 2.24) is 9.55 Å². The van der Waals surface area contributed by atoms with Gasteiger partial charge in [-0.25, -0.2) is 14.0 Å². The average Bonchev–Trinajstić information content (AvgIpc) is 2.70. The first-order chi connectivity index (χ1) is 10.3. The summed E-state index contributed by atoms with van der Waals surface area (Å²) in [6.07, 6.45) is -3.22. The van der Waals surface area contributed by atoms with Crippen molar-refractivity contribution in [2.24, 2.45) is 0 Å². The summed E-state index contributed by atoms with van der Waals surface area (Å²) in [7, 11) is 0. The summed E-state index contributed by atoms with van der Waals surface area (Å²) in [6, 6.07) is 0.909. The Kier molecular flexibility index (Phi) is 4.26. The lowest BCUT2D eigenvalue weighted by Gasteiger charge is -2.29. The molecule has 0 unspecified atom stereocenters. The van der Waals surface area contributed by atoms with E-state index in [9.17, 15) is 23.9 Å². The number of hydrogen-bond acceptors (Lipinski definition) is 6. The second-order valence-electron chi connectivity index (χ2n) is 4.63. The predicted octanol–water partition coefficient (Wildman–Crippen LogP) is -2.08. The molecule has 2 rings (SSSR count). The molecular formula is C12H13FN2O7. The molecule has 22 heavy (non-hydrogen) atoms. The van der Waals surface area contributed by atoms with Gasteiger partial charge in [0, 0.05) is 18.3 Å². The van der Waals surface area contributed by atoms with Gasteiger partial charge in [0.15, 0.2) is 6.17 Å². The van der Waals surface area contributed by atoms with Gasteiger partial charge >= 0.3 is 11.7 Å². The lowest BCUT2D eigenvalue weighted by atomic mass is 10.0. The Morgan fingerprint density at radius 2 is 2.23 bits per heavy atom. The van der Waals surface area contributed by atoms with Crippen LogP contribution in [0.5, 0.6) is 0 Å². The number of H-pyrrole nitrogens is 1. The maximum Gasteiger partial charge on any atom is 0.331 e. The summed E-state index contributed by atoms with van der Waals surface area (Å²) in [5.74, 6) is -1.44. The maximum absolute atomic E-state index is 14.5. The first kappa shape index (κ1) is 16.1. The fraction of sp³-hybridized carbons (Fsp3) is 0.417.